The lowest BCUT2D eigenvalue weighted by Gasteiger charge is -2.41. The van der Waals surface area contributed by atoms with Gasteiger partial charge in [-0.3, -0.25) is 14.7 Å². The summed E-state index contributed by atoms with van der Waals surface area (Å²) in [5.74, 6) is -0.313. The van der Waals surface area contributed by atoms with Crippen LogP contribution in [-0.2, 0) is 4.79 Å². The Morgan fingerprint density at radius 3 is 2.77 bits per heavy atom. The highest BCUT2D eigenvalue weighted by Crippen LogP contribution is 2.32. The van der Waals surface area contributed by atoms with Gasteiger partial charge < -0.3 is 9.80 Å². The Hall–Kier alpha value is -2.39. The third-order valence-electron chi connectivity index (χ3n) is 5.30. The molecule has 10 heteroatoms. The first kappa shape index (κ1) is 22.3. The smallest absolute Gasteiger partial charge is 0.351 e. The van der Waals surface area contributed by atoms with Crippen LogP contribution in [0, 0.1) is 0 Å². The Morgan fingerprint density at radius 1 is 1.37 bits per heavy atom. The molecule has 0 N–H and O–H groups in total. The Balaban J connectivity index is 1.99. The topological polar surface area (TPSA) is 52.0 Å². The number of allylic oxidation sites excluding steroid dienone is 1. The number of hydrogen-bond donors (Lipinski definition) is 0. The van der Waals surface area contributed by atoms with Crippen LogP contribution in [0.5, 0.6) is 0 Å². The van der Waals surface area contributed by atoms with E-state index >= 15 is 0 Å². The van der Waals surface area contributed by atoms with E-state index in [0.717, 1.165) is 5.70 Å². The summed E-state index contributed by atoms with van der Waals surface area (Å²) in [5.41, 5.74) is 1.87. The number of carbonyl (C=O) groups excluding carboxylic acids is 1. The van der Waals surface area contributed by atoms with E-state index in [4.69, 9.17) is 11.6 Å². The van der Waals surface area contributed by atoms with E-state index in [1.54, 1.807) is 24.4 Å². The summed E-state index contributed by atoms with van der Waals surface area (Å²) >= 11 is 6.25. The molecule has 1 unspecified atom stereocenters. The molecule has 3 heterocycles. The normalized spacial score (nSPS) is 22.8. The molecule has 0 spiro atoms. The molecule has 1 aromatic rings. The van der Waals surface area contributed by atoms with Crippen LogP contribution < -0.4 is 0 Å². The van der Waals surface area contributed by atoms with Gasteiger partial charge in [0.25, 0.3) is 0 Å². The third-order valence-corrected chi connectivity index (χ3v) is 5.49. The van der Waals surface area contributed by atoms with E-state index in [1.807, 2.05) is 18.9 Å². The highest BCUT2D eigenvalue weighted by molar-refractivity contribution is 6.29. The maximum atomic E-state index is 13.2. The maximum Gasteiger partial charge on any atom is 0.401 e. The van der Waals surface area contributed by atoms with Gasteiger partial charge in [0, 0.05) is 32.9 Å². The number of carbonyl (C=O) groups is 1. The summed E-state index contributed by atoms with van der Waals surface area (Å²) in [5, 5.41) is 0.172. The number of pyridine rings is 1. The number of hydrogen-bond acceptors (Lipinski definition) is 5. The number of aliphatic imine (C=N–C) groups is 1. The highest BCUT2D eigenvalue weighted by atomic mass is 35.5. The van der Waals surface area contributed by atoms with Crippen LogP contribution in [0.3, 0.4) is 0 Å². The molecule has 3 rings (SSSR count). The minimum Gasteiger partial charge on any atom is -0.351 e. The lowest BCUT2D eigenvalue weighted by Crippen LogP contribution is -2.52. The van der Waals surface area contributed by atoms with Gasteiger partial charge in [-0.1, -0.05) is 18.2 Å². The Bertz CT molecular complexity index is 886. The van der Waals surface area contributed by atoms with Gasteiger partial charge >= 0.3 is 6.18 Å². The molecule has 2 aliphatic heterocycles. The van der Waals surface area contributed by atoms with Crippen molar-refractivity contribution < 1.29 is 18.0 Å². The van der Waals surface area contributed by atoms with Crippen molar-refractivity contribution in [3.63, 3.8) is 0 Å². The van der Waals surface area contributed by atoms with Gasteiger partial charge in [0.05, 0.1) is 24.0 Å². The summed E-state index contributed by atoms with van der Waals surface area (Å²) in [4.78, 5) is 25.5. The second kappa shape index (κ2) is 8.77. The third kappa shape index (κ3) is 5.02. The van der Waals surface area contributed by atoms with Crippen LogP contribution in [0.15, 0.2) is 35.9 Å². The first-order chi connectivity index (χ1) is 14.1. The second-order valence-corrected chi connectivity index (χ2v) is 7.68. The van der Waals surface area contributed by atoms with Gasteiger partial charge in [-0.2, -0.15) is 13.2 Å². The van der Waals surface area contributed by atoms with Gasteiger partial charge in [0.2, 0.25) is 5.91 Å². The van der Waals surface area contributed by atoms with Gasteiger partial charge in [0.15, 0.2) is 0 Å². The predicted molar refractivity (Wildman–Crippen MR) is 110 cm³/mol. The van der Waals surface area contributed by atoms with Crippen molar-refractivity contribution in [2.45, 2.75) is 25.3 Å². The van der Waals surface area contributed by atoms with Crippen molar-refractivity contribution in [2.24, 2.45) is 4.99 Å². The maximum absolute atomic E-state index is 13.2. The number of alkyl halides is 3. The molecule has 0 bridgehead atoms. The van der Waals surface area contributed by atoms with E-state index in [9.17, 15) is 18.0 Å². The van der Waals surface area contributed by atoms with Crippen LogP contribution in [0.25, 0.3) is 5.70 Å². The van der Waals surface area contributed by atoms with Crippen molar-refractivity contribution in [3.05, 3.63) is 47.3 Å². The summed E-state index contributed by atoms with van der Waals surface area (Å²) in [6, 6.07) is 2.61. The fourth-order valence-electron chi connectivity index (χ4n) is 3.65. The zero-order chi connectivity index (χ0) is 22.1. The summed E-state index contributed by atoms with van der Waals surface area (Å²) in [6.07, 6.45) is 0.157. The van der Waals surface area contributed by atoms with Crippen LogP contribution in [0.4, 0.5) is 13.2 Å². The molecular weight excluding hydrogens is 419 g/mol. The zero-order valence-electron chi connectivity index (χ0n) is 16.7. The number of piperazine rings is 1. The van der Waals surface area contributed by atoms with Gasteiger partial charge in [0.1, 0.15) is 11.3 Å². The molecule has 2 atom stereocenters. The van der Waals surface area contributed by atoms with Crippen LogP contribution in [-0.4, -0.2) is 77.4 Å². The first-order valence-electron chi connectivity index (χ1n) is 9.45. The molecule has 2 aliphatic rings. The second-order valence-electron chi connectivity index (χ2n) is 7.29. The Labute approximate surface area is 178 Å². The largest absolute Gasteiger partial charge is 0.401 e. The minimum absolute atomic E-state index is 0.0886. The number of rotatable bonds is 4. The molecule has 0 radical (unpaired) electrons. The van der Waals surface area contributed by atoms with Crippen LogP contribution in [0.1, 0.15) is 24.2 Å². The molecule has 0 aliphatic carbocycles. The molecule has 1 fully saturated rings. The average molecular weight is 442 g/mol. The van der Waals surface area contributed by atoms with Crippen LogP contribution in [0.2, 0.25) is 5.15 Å². The van der Waals surface area contributed by atoms with Crippen molar-refractivity contribution in [2.75, 3.05) is 33.2 Å². The fourth-order valence-corrected chi connectivity index (χ4v) is 3.87. The molecule has 162 valence electrons. The summed E-state index contributed by atoms with van der Waals surface area (Å²) in [7, 11) is 1.86. The summed E-state index contributed by atoms with van der Waals surface area (Å²) < 4.78 is 39.6. The van der Waals surface area contributed by atoms with Gasteiger partial charge in [-0.25, -0.2) is 4.98 Å². The predicted octanol–water partition coefficient (Wildman–Crippen LogP) is 3.37. The average Bonchev–Trinajstić information content (AvgIpc) is 2.68. The van der Waals surface area contributed by atoms with E-state index in [1.165, 1.54) is 15.9 Å². The summed E-state index contributed by atoms with van der Waals surface area (Å²) in [6.45, 7) is 4.71. The van der Waals surface area contributed by atoms with Gasteiger partial charge in [-0.15, -0.1) is 0 Å². The number of nitrogens with zero attached hydrogens (tertiary/aromatic N) is 5. The highest BCUT2D eigenvalue weighted by Gasteiger charge is 2.38. The molecule has 6 nitrogen and oxygen atoms in total. The minimum atomic E-state index is -4.36. The Morgan fingerprint density at radius 2 is 2.10 bits per heavy atom. The molecular formula is C20H23ClF3N5O. The van der Waals surface area contributed by atoms with Gasteiger partial charge in [-0.05, 0) is 36.8 Å². The van der Waals surface area contributed by atoms with Crippen molar-refractivity contribution in [3.8, 4) is 0 Å². The monoisotopic (exact) mass is 441 g/mol. The van der Waals surface area contributed by atoms with Crippen molar-refractivity contribution >= 4 is 29.4 Å². The molecule has 1 amide bonds. The number of halogens is 4. The van der Waals surface area contributed by atoms with E-state index in [2.05, 4.69) is 16.6 Å². The van der Waals surface area contributed by atoms with Crippen molar-refractivity contribution in [1.29, 1.82) is 0 Å². The molecule has 1 aromatic heterocycles. The first-order valence-corrected chi connectivity index (χ1v) is 9.83. The fraction of sp³-hybridized carbons (Fsp3) is 0.450. The lowest BCUT2D eigenvalue weighted by atomic mass is 10.0. The zero-order valence-corrected chi connectivity index (χ0v) is 17.5. The molecule has 1 saturated heterocycles. The number of aromatic nitrogens is 1. The van der Waals surface area contributed by atoms with E-state index in [0.29, 0.717) is 11.3 Å². The van der Waals surface area contributed by atoms with Crippen LogP contribution >= 0.6 is 11.6 Å². The molecule has 0 aromatic carbocycles. The van der Waals surface area contributed by atoms with E-state index in [-0.39, 0.29) is 36.9 Å². The molecule has 0 saturated carbocycles. The quantitative estimate of drug-likeness (QED) is 0.531. The number of amides is 1. The molecule has 30 heavy (non-hydrogen) atoms. The SMILES string of the molecule is C=CC(=O)N1CCN(CC(F)(F)F)C(c2cc(Cl)nc(C3=CC=N[C@@H](C)N3C)c2)C1. The standard InChI is InChI=1S/C20H23ClF3N5O/c1-4-19(30)28-7-8-29(12-20(22,23)24)17(11-28)14-9-15(26-18(21)10-14)16-5-6-25-13(2)27(16)3/h4-6,9-10,13,17H,1,7-8,11-12H2,2-3H3/t13-,17?/m1/s1. The Kier molecular flexibility index (Phi) is 6.52. The van der Waals surface area contributed by atoms with Crippen molar-refractivity contribution in [1.82, 2.24) is 19.7 Å². The lowest BCUT2D eigenvalue weighted by molar-refractivity contribution is -0.158. The van der Waals surface area contributed by atoms with E-state index < -0.39 is 18.8 Å².